The van der Waals surface area contributed by atoms with Crippen molar-refractivity contribution in [1.29, 1.82) is 10.5 Å². The van der Waals surface area contributed by atoms with Crippen molar-refractivity contribution < 1.29 is 9.90 Å². The van der Waals surface area contributed by atoms with E-state index in [2.05, 4.69) is 10.2 Å². The summed E-state index contributed by atoms with van der Waals surface area (Å²) in [6.07, 6.45) is 3.39. The number of benzene rings is 1. The minimum Gasteiger partial charge on any atom is -0.478 e. The van der Waals surface area contributed by atoms with Crippen molar-refractivity contribution in [2.75, 3.05) is 23.3 Å². The summed E-state index contributed by atoms with van der Waals surface area (Å²) in [6.45, 7) is 1.72. The molecule has 2 N–H and O–H groups in total. The van der Waals surface area contributed by atoms with Crippen molar-refractivity contribution in [3.8, 4) is 12.1 Å². The summed E-state index contributed by atoms with van der Waals surface area (Å²) in [6, 6.07) is 8.46. The Morgan fingerprint density at radius 1 is 1.29 bits per heavy atom. The topological polar surface area (TPSA) is 100 Å². The van der Waals surface area contributed by atoms with Gasteiger partial charge in [-0.15, -0.1) is 0 Å². The van der Waals surface area contributed by atoms with Gasteiger partial charge < -0.3 is 15.3 Å². The molecular formula is C15H14N4O2. The van der Waals surface area contributed by atoms with Gasteiger partial charge in [-0.25, -0.2) is 4.79 Å². The number of rotatable bonds is 4. The Hall–Kier alpha value is -2.99. The summed E-state index contributed by atoms with van der Waals surface area (Å²) in [5, 5.41) is 29.4. The van der Waals surface area contributed by atoms with Gasteiger partial charge in [0.2, 0.25) is 0 Å². The van der Waals surface area contributed by atoms with Gasteiger partial charge in [0.05, 0.1) is 11.3 Å². The van der Waals surface area contributed by atoms with Gasteiger partial charge in [-0.1, -0.05) is 0 Å². The normalized spacial score (nSPS) is 13.1. The number of nitrogens with one attached hydrogen (secondary N) is 1. The molecule has 6 heteroatoms. The molecule has 106 valence electrons. The molecule has 0 spiro atoms. The molecule has 0 atom stereocenters. The molecule has 0 saturated carbocycles. The largest absolute Gasteiger partial charge is 0.478 e. The van der Waals surface area contributed by atoms with E-state index < -0.39 is 5.97 Å². The quantitative estimate of drug-likeness (QED) is 0.822. The summed E-state index contributed by atoms with van der Waals surface area (Å²) in [5.41, 5.74) is 1.37. The van der Waals surface area contributed by atoms with Crippen LogP contribution >= 0.6 is 0 Å². The fourth-order valence-corrected chi connectivity index (χ4v) is 2.28. The monoisotopic (exact) mass is 282 g/mol. The van der Waals surface area contributed by atoms with Crippen molar-refractivity contribution in [2.45, 2.75) is 12.8 Å². The second-order valence-corrected chi connectivity index (χ2v) is 4.66. The first-order chi connectivity index (χ1) is 10.2. The maximum atomic E-state index is 11.4. The van der Waals surface area contributed by atoms with E-state index in [0.717, 1.165) is 25.9 Å². The van der Waals surface area contributed by atoms with Crippen molar-refractivity contribution in [3.05, 3.63) is 35.5 Å². The molecule has 0 bridgehead atoms. The first-order valence-corrected chi connectivity index (χ1v) is 6.55. The molecule has 1 aliphatic heterocycles. The highest BCUT2D eigenvalue weighted by Gasteiger charge is 2.19. The van der Waals surface area contributed by atoms with Gasteiger partial charge in [-0.05, 0) is 31.0 Å². The predicted octanol–water partition coefficient (Wildman–Crippen LogP) is 2.33. The van der Waals surface area contributed by atoms with Crippen LogP contribution in [0, 0.1) is 22.7 Å². The summed E-state index contributed by atoms with van der Waals surface area (Å²) in [4.78, 5) is 13.5. The highest BCUT2D eigenvalue weighted by atomic mass is 16.4. The lowest BCUT2D eigenvalue weighted by molar-refractivity contribution is 0.0697. The van der Waals surface area contributed by atoms with Gasteiger partial charge >= 0.3 is 5.97 Å². The molecule has 1 heterocycles. The zero-order valence-electron chi connectivity index (χ0n) is 11.3. The standard InChI is InChI=1S/C15H14N4O2/c16-8-11(9-17)10-18-12-3-4-14(13(7-12)15(20)21)19-5-1-2-6-19/h3-4,7,10,18H,1-2,5-6H2,(H,20,21). The van der Waals surface area contributed by atoms with Gasteiger partial charge in [0, 0.05) is 25.0 Å². The molecule has 0 aliphatic carbocycles. The number of anilines is 2. The second kappa shape index (κ2) is 6.44. The van der Waals surface area contributed by atoms with Gasteiger partial charge in [0.1, 0.15) is 17.7 Å². The maximum Gasteiger partial charge on any atom is 0.337 e. The van der Waals surface area contributed by atoms with Gasteiger partial charge in [-0.3, -0.25) is 0 Å². The Balaban J connectivity index is 2.29. The van der Waals surface area contributed by atoms with E-state index in [1.807, 2.05) is 0 Å². The lowest BCUT2D eigenvalue weighted by Gasteiger charge is -2.20. The van der Waals surface area contributed by atoms with Crippen molar-refractivity contribution in [2.24, 2.45) is 0 Å². The fourth-order valence-electron chi connectivity index (χ4n) is 2.28. The van der Waals surface area contributed by atoms with Gasteiger partial charge in [0.15, 0.2) is 0 Å². The average Bonchev–Trinajstić information content (AvgIpc) is 3.02. The average molecular weight is 282 g/mol. The Labute approximate surface area is 122 Å². The molecule has 1 aliphatic rings. The van der Waals surface area contributed by atoms with E-state index in [4.69, 9.17) is 10.5 Å². The molecule has 1 saturated heterocycles. The number of aromatic carboxylic acids is 1. The number of nitriles is 2. The molecular weight excluding hydrogens is 268 g/mol. The van der Waals surface area contributed by atoms with Crippen molar-refractivity contribution in [3.63, 3.8) is 0 Å². The molecule has 1 fully saturated rings. The van der Waals surface area contributed by atoms with Crippen LogP contribution in [0.15, 0.2) is 30.0 Å². The summed E-state index contributed by atoms with van der Waals surface area (Å²) in [5.74, 6) is -0.995. The van der Waals surface area contributed by atoms with E-state index in [1.165, 1.54) is 12.3 Å². The number of hydrogen-bond donors (Lipinski definition) is 2. The van der Waals surface area contributed by atoms with Crippen LogP contribution in [-0.2, 0) is 0 Å². The van der Waals surface area contributed by atoms with Crippen LogP contribution in [0.3, 0.4) is 0 Å². The van der Waals surface area contributed by atoms with Crippen molar-refractivity contribution in [1.82, 2.24) is 0 Å². The number of carboxylic acid groups (broad SMARTS) is 1. The highest BCUT2D eigenvalue weighted by Crippen LogP contribution is 2.27. The van der Waals surface area contributed by atoms with Crippen LogP contribution in [0.25, 0.3) is 0 Å². The summed E-state index contributed by atoms with van der Waals surface area (Å²) in [7, 11) is 0. The van der Waals surface area contributed by atoms with Gasteiger partial charge in [0.25, 0.3) is 0 Å². The summed E-state index contributed by atoms with van der Waals surface area (Å²) < 4.78 is 0. The molecule has 2 rings (SSSR count). The third-order valence-corrected chi connectivity index (χ3v) is 3.30. The van der Waals surface area contributed by atoms with Crippen LogP contribution in [-0.4, -0.2) is 24.2 Å². The molecule has 1 aromatic carbocycles. The Morgan fingerprint density at radius 3 is 2.52 bits per heavy atom. The lowest BCUT2D eigenvalue weighted by atomic mass is 10.1. The molecule has 0 aromatic heterocycles. The zero-order chi connectivity index (χ0) is 15.2. The lowest BCUT2D eigenvalue weighted by Crippen LogP contribution is -2.20. The minimum absolute atomic E-state index is 0.0736. The van der Waals surface area contributed by atoms with E-state index in [-0.39, 0.29) is 11.1 Å². The van der Waals surface area contributed by atoms with Crippen LogP contribution in [0.4, 0.5) is 11.4 Å². The second-order valence-electron chi connectivity index (χ2n) is 4.66. The third-order valence-electron chi connectivity index (χ3n) is 3.30. The Morgan fingerprint density at radius 2 is 1.95 bits per heavy atom. The molecule has 0 radical (unpaired) electrons. The van der Waals surface area contributed by atoms with Gasteiger partial charge in [-0.2, -0.15) is 10.5 Å². The summed E-state index contributed by atoms with van der Waals surface area (Å²) >= 11 is 0. The Bertz CT molecular complexity index is 645. The van der Waals surface area contributed by atoms with Crippen LogP contribution in [0.1, 0.15) is 23.2 Å². The van der Waals surface area contributed by atoms with Crippen molar-refractivity contribution >= 4 is 17.3 Å². The molecule has 21 heavy (non-hydrogen) atoms. The first-order valence-electron chi connectivity index (χ1n) is 6.55. The first kappa shape index (κ1) is 14.4. The smallest absolute Gasteiger partial charge is 0.337 e. The number of allylic oxidation sites excluding steroid dienone is 1. The minimum atomic E-state index is -0.995. The SMILES string of the molecule is N#CC(C#N)=CNc1ccc(N2CCCC2)c(C(=O)O)c1. The van der Waals surface area contributed by atoms with E-state index in [9.17, 15) is 9.90 Å². The molecule has 6 nitrogen and oxygen atoms in total. The zero-order valence-corrected chi connectivity index (χ0v) is 11.3. The fraction of sp³-hybridized carbons (Fsp3) is 0.267. The third kappa shape index (κ3) is 3.31. The number of hydrogen-bond acceptors (Lipinski definition) is 5. The predicted molar refractivity (Wildman–Crippen MR) is 77.8 cm³/mol. The molecule has 0 amide bonds. The number of nitrogens with zero attached hydrogens (tertiary/aromatic N) is 3. The number of carbonyl (C=O) groups is 1. The van der Waals surface area contributed by atoms with Crippen LogP contribution < -0.4 is 10.2 Å². The maximum absolute atomic E-state index is 11.4. The number of carboxylic acids is 1. The van der Waals surface area contributed by atoms with Crippen LogP contribution in [0.5, 0.6) is 0 Å². The molecule has 1 aromatic rings. The van der Waals surface area contributed by atoms with Crippen LogP contribution in [0.2, 0.25) is 0 Å². The highest BCUT2D eigenvalue weighted by molar-refractivity contribution is 5.95. The van der Waals surface area contributed by atoms with E-state index in [1.54, 1.807) is 24.3 Å². The Kier molecular flexibility index (Phi) is 4.43. The van der Waals surface area contributed by atoms with E-state index >= 15 is 0 Å². The van der Waals surface area contributed by atoms with E-state index in [0.29, 0.717) is 11.4 Å². The molecule has 0 unspecified atom stereocenters.